The van der Waals surface area contributed by atoms with Gasteiger partial charge in [-0.05, 0) is 31.1 Å². The number of carbonyl (C=O) groups is 3. The van der Waals surface area contributed by atoms with Gasteiger partial charge in [-0.2, -0.15) is 0 Å². The molecule has 2 fully saturated rings. The van der Waals surface area contributed by atoms with Crippen LogP contribution in [0.4, 0.5) is 4.79 Å². The highest BCUT2D eigenvalue weighted by Crippen LogP contribution is 2.44. The zero-order chi connectivity index (χ0) is 14.8. The molecule has 2 rings (SSSR count). The minimum absolute atomic E-state index is 0.00702. The largest absolute Gasteiger partial charge is 0.481 e. The summed E-state index contributed by atoms with van der Waals surface area (Å²) in [5, 5.41) is 11.4. The Hall–Kier alpha value is -1.59. The Morgan fingerprint density at radius 1 is 1.20 bits per heavy atom. The summed E-state index contributed by atoms with van der Waals surface area (Å²) in [7, 11) is 1.68. The van der Waals surface area contributed by atoms with Crippen LogP contribution >= 0.6 is 0 Å². The zero-order valence-electron chi connectivity index (χ0n) is 11.9. The first-order valence-electron chi connectivity index (χ1n) is 7.20. The lowest BCUT2D eigenvalue weighted by molar-refractivity contribution is -0.140. The van der Waals surface area contributed by atoms with Gasteiger partial charge in [0.15, 0.2) is 0 Å². The Morgan fingerprint density at radius 3 is 2.30 bits per heavy atom. The van der Waals surface area contributed by atoms with Crippen LogP contribution in [0.25, 0.3) is 0 Å². The Labute approximate surface area is 118 Å². The van der Waals surface area contributed by atoms with E-state index in [0.29, 0.717) is 0 Å². The number of imide groups is 1. The van der Waals surface area contributed by atoms with E-state index in [1.54, 1.807) is 11.9 Å². The van der Waals surface area contributed by atoms with Crippen molar-refractivity contribution in [2.45, 2.75) is 57.4 Å². The fourth-order valence-corrected chi connectivity index (χ4v) is 3.08. The minimum Gasteiger partial charge on any atom is -0.481 e. The van der Waals surface area contributed by atoms with Crippen LogP contribution in [-0.4, -0.2) is 41.0 Å². The van der Waals surface area contributed by atoms with Crippen molar-refractivity contribution in [3.8, 4) is 0 Å². The average Bonchev–Trinajstić information content (AvgIpc) is 3.10. The maximum absolute atomic E-state index is 12.0. The van der Waals surface area contributed by atoms with Crippen molar-refractivity contribution in [3.05, 3.63) is 0 Å². The third-order valence-corrected chi connectivity index (χ3v) is 4.39. The summed E-state index contributed by atoms with van der Waals surface area (Å²) in [6.07, 6.45) is 5.52. The highest BCUT2D eigenvalue weighted by molar-refractivity contribution is 5.94. The van der Waals surface area contributed by atoms with Gasteiger partial charge in [-0.25, -0.2) is 4.79 Å². The Bertz CT molecular complexity index is 411. The van der Waals surface area contributed by atoms with Crippen LogP contribution in [0.15, 0.2) is 0 Å². The Kier molecular flexibility index (Phi) is 4.30. The number of nitrogens with zero attached hydrogens (tertiary/aromatic N) is 1. The van der Waals surface area contributed by atoms with Crippen LogP contribution in [0.5, 0.6) is 0 Å². The van der Waals surface area contributed by atoms with Crippen LogP contribution in [0.1, 0.15) is 51.4 Å². The Morgan fingerprint density at radius 2 is 1.80 bits per heavy atom. The van der Waals surface area contributed by atoms with Crippen molar-refractivity contribution >= 4 is 17.9 Å². The van der Waals surface area contributed by atoms with E-state index in [4.69, 9.17) is 5.11 Å². The van der Waals surface area contributed by atoms with Gasteiger partial charge in [0.25, 0.3) is 0 Å². The fourth-order valence-electron chi connectivity index (χ4n) is 3.08. The first-order chi connectivity index (χ1) is 9.42. The number of rotatable bonds is 5. The topological polar surface area (TPSA) is 86.7 Å². The third-order valence-electron chi connectivity index (χ3n) is 4.39. The molecule has 6 nitrogen and oxygen atoms in total. The van der Waals surface area contributed by atoms with Crippen LogP contribution in [0.3, 0.4) is 0 Å². The van der Waals surface area contributed by atoms with Gasteiger partial charge in [0.05, 0.1) is 6.42 Å². The van der Waals surface area contributed by atoms with Crippen LogP contribution in [0.2, 0.25) is 0 Å². The average molecular weight is 282 g/mol. The van der Waals surface area contributed by atoms with E-state index >= 15 is 0 Å². The molecular formula is C14H22N2O4. The van der Waals surface area contributed by atoms with E-state index in [1.807, 2.05) is 0 Å². The van der Waals surface area contributed by atoms with Gasteiger partial charge in [-0.3, -0.25) is 14.9 Å². The van der Waals surface area contributed by atoms with Crippen molar-refractivity contribution in [2.24, 2.45) is 5.41 Å². The molecule has 3 amide bonds. The van der Waals surface area contributed by atoms with E-state index in [-0.39, 0.29) is 30.8 Å². The molecule has 2 saturated carbocycles. The molecule has 112 valence electrons. The molecular weight excluding hydrogens is 260 g/mol. The van der Waals surface area contributed by atoms with Gasteiger partial charge in [-0.1, -0.05) is 12.8 Å². The number of hydrogen-bond donors (Lipinski definition) is 2. The molecule has 2 aliphatic carbocycles. The zero-order valence-corrected chi connectivity index (χ0v) is 11.9. The van der Waals surface area contributed by atoms with Crippen LogP contribution in [-0.2, 0) is 9.59 Å². The van der Waals surface area contributed by atoms with Crippen molar-refractivity contribution in [1.29, 1.82) is 0 Å². The molecule has 0 unspecified atom stereocenters. The van der Waals surface area contributed by atoms with Crippen LogP contribution < -0.4 is 5.32 Å². The first kappa shape index (κ1) is 14.8. The molecule has 0 bridgehead atoms. The summed E-state index contributed by atoms with van der Waals surface area (Å²) >= 11 is 0. The maximum atomic E-state index is 12.0. The molecule has 0 heterocycles. The molecule has 0 aromatic heterocycles. The standard InChI is InChI=1S/C14H22N2O4/c1-16(10-4-5-10)13(20)15-11(17)8-14(9-12(18)19)6-2-3-7-14/h10H,2-9H2,1H3,(H,18,19)(H,15,17,20). The molecule has 0 aliphatic heterocycles. The molecule has 0 saturated heterocycles. The molecule has 6 heteroatoms. The summed E-state index contributed by atoms with van der Waals surface area (Å²) in [5.41, 5.74) is -0.464. The number of carboxylic acid groups (broad SMARTS) is 1. The number of hydrogen-bond acceptors (Lipinski definition) is 3. The number of nitrogens with one attached hydrogen (secondary N) is 1. The highest BCUT2D eigenvalue weighted by Gasteiger charge is 2.39. The maximum Gasteiger partial charge on any atom is 0.324 e. The number of carboxylic acids is 1. The van der Waals surface area contributed by atoms with Gasteiger partial charge in [-0.15, -0.1) is 0 Å². The predicted molar refractivity (Wildman–Crippen MR) is 72.1 cm³/mol. The molecule has 0 radical (unpaired) electrons. The van der Waals surface area contributed by atoms with Gasteiger partial charge in [0.2, 0.25) is 5.91 Å². The van der Waals surface area contributed by atoms with Gasteiger partial charge in [0.1, 0.15) is 0 Å². The van der Waals surface area contributed by atoms with Crippen molar-refractivity contribution in [3.63, 3.8) is 0 Å². The molecule has 2 N–H and O–H groups in total. The quantitative estimate of drug-likeness (QED) is 0.804. The van der Waals surface area contributed by atoms with E-state index in [1.165, 1.54) is 0 Å². The normalized spacial score (nSPS) is 20.4. The molecule has 0 aromatic carbocycles. The second-order valence-corrected chi connectivity index (χ2v) is 6.15. The van der Waals surface area contributed by atoms with Crippen molar-refractivity contribution in [1.82, 2.24) is 10.2 Å². The monoisotopic (exact) mass is 282 g/mol. The minimum atomic E-state index is -0.874. The second-order valence-electron chi connectivity index (χ2n) is 6.15. The SMILES string of the molecule is CN(C(=O)NC(=O)CC1(CC(=O)O)CCCC1)C1CC1. The molecule has 0 atom stereocenters. The second kappa shape index (κ2) is 5.81. The fraction of sp³-hybridized carbons (Fsp3) is 0.786. The summed E-state index contributed by atoms with van der Waals surface area (Å²) in [5.74, 6) is -1.23. The van der Waals surface area contributed by atoms with Crippen LogP contribution in [0, 0.1) is 5.41 Å². The lowest BCUT2D eigenvalue weighted by Gasteiger charge is -2.26. The van der Waals surface area contributed by atoms with Gasteiger partial charge >= 0.3 is 12.0 Å². The summed E-state index contributed by atoms with van der Waals surface area (Å²) < 4.78 is 0. The molecule has 0 aromatic rings. The van der Waals surface area contributed by atoms with Crippen molar-refractivity contribution < 1.29 is 19.5 Å². The molecule has 0 spiro atoms. The lowest BCUT2D eigenvalue weighted by Crippen LogP contribution is -2.43. The highest BCUT2D eigenvalue weighted by atomic mass is 16.4. The van der Waals surface area contributed by atoms with Gasteiger partial charge in [0, 0.05) is 19.5 Å². The van der Waals surface area contributed by atoms with E-state index in [2.05, 4.69) is 5.32 Å². The smallest absolute Gasteiger partial charge is 0.324 e. The van der Waals surface area contributed by atoms with Crippen molar-refractivity contribution in [2.75, 3.05) is 7.05 Å². The van der Waals surface area contributed by atoms with E-state index in [0.717, 1.165) is 38.5 Å². The number of carbonyl (C=O) groups excluding carboxylic acids is 2. The number of urea groups is 1. The summed E-state index contributed by atoms with van der Waals surface area (Å²) in [4.78, 5) is 36.3. The first-order valence-corrected chi connectivity index (χ1v) is 7.20. The number of aliphatic carboxylic acids is 1. The lowest BCUT2D eigenvalue weighted by atomic mass is 9.79. The molecule has 20 heavy (non-hydrogen) atoms. The van der Waals surface area contributed by atoms with Gasteiger partial charge < -0.3 is 10.0 Å². The summed E-state index contributed by atoms with van der Waals surface area (Å²) in [6, 6.07) is -0.122. The number of amides is 3. The Balaban J connectivity index is 1.88. The van der Waals surface area contributed by atoms with E-state index in [9.17, 15) is 14.4 Å². The third kappa shape index (κ3) is 3.71. The predicted octanol–water partition coefficient (Wildman–Crippen LogP) is 1.74. The summed E-state index contributed by atoms with van der Waals surface area (Å²) in [6.45, 7) is 0. The molecule has 2 aliphatic rings. The van der Waals surface area contributed by atoms with E-state index < -0.39 is 11.4 Å².